The van der Waals surface area contributed by atoms with Gasteiger partial charge in [0.25, 0.3) is 0 Å². The van der Waals surface area contributed by atoms with Crippen molar-refractivity contribution in [1.82, 2.24) is 25.3 Å². The van der Waals surface area contributed by atoms with Crippen molar-refractivity contribution in [2.75, 3.05) is 31.1 Å². The summed E-state index contributed by atoms with van der Waals surface area (Å²) >= 11 is 1.06. The Morgan fingerprint density at radius 3 is 2.68 bits per heavy atom. The number of H-pyrrole nitrogens is 1. The van der Waals surface area contributed by atoms with E-state index in [0.29, 0.717) is 16.1 Å². The third-order valence-corrected chi connectivity index (χ3v) is 6.42. The zero-order valence-electron chi connectivity index (χ0n) is 15.2. The van der Waals surface area contributed by atoms with Crippen molar-refractivity contribution in [2.24, 2.45) is 10.9 Å². The predicted molar refractivity (Wildman–Crippen MR) is 106 cm³/mol. The van der Waals surface area contributed by atoms with Crippen LogP contribution in [0.5, 0.6) is 0 Å². The van der Waals surface area contributed by atoms with Gasteiger partial charge in [0.2, 0.25) is 15.8 Å². The normalized spacial score (nSPS) is 16.3. The molecule has 1 aliphatic heterocycles. The fourth-order valence-corrected chi connectivity index (χ4v) is 5.16. The molecule has 1 saturated heterocycles. The molecule has 0 saturated carbocycles. The molecule has 2 heterocycles. The molecule has 1 atom stereocenters. The van der Waals surface area contributed by atoms with Crippen LogP contribution in [0.1, 0.15) is 19.3 Å². The van der Waals surface area contributed by atoms with Crippen molar-refractivity contribution in [3.05, 3.63) is 12.1 Å². The molecule has 0 amide bonds. The number of aromatic nitrogens is 4. The summed E-state index contributed by atoms with van der Waals surface area (Å²) in [7, 11) is -4.10. The molecule has 0 unspecified atom stereocenters. The number of hydrogen-bond acceptors (Lipinski definition) is 10. The lowest BCUT2D eigenvalue weighted by atomic mass is 10.1. The first-order valence-electron chi connectivity index (χ1n) is 8.88. The molecule has 7 N–H and O–H groups in total. The van der Waals surface area contributed by atoms with Gasteiger partial charge in [-0.2, -0.15) is 5.21 Å². The van der Waals surface area contributed by atoms with E-state index in [4.69, 9.17) is 10.9 Å². The smallest absolute Gasteiger partial charge is 0.240 e. The van der Waals surface area contributed by atoms with Crippen molar-refractivity contribution in [2.45, 2.75) is 35.2 Å². The first-order chi connectivity index (χ1) is 13.4. The Labute approximate surface area is 167 Å². The quantitative estimate of drug-likeness (QED) is 0.342. The molecule has 11 nitrogen and oxygen atoms in total. The minimum absolute atomic E-state index is 0.0725. The topological polar surface area (TPSA) is 176 Å². The van der Waals surface area contributed by atoms with E-state index in [-0.39, 0.29) is 23.8 Å². The average molecular weight is 429 g/mol. The van der Waals surface area contributed by atoms with Crippen LogP contribution in [0, 0.1) is 0 Å². The number of rotatable bonds is 8. The number of aliphatic hydroxyl groups is 1. The molecule has 0 bridgehead atoms. The number of benzene rings is 1. The second-order valence-electron chi connectivity index (χ2n) is 6.46. The Hall–Kier alpha value is -1.77. The van der Waals surface area contributed by atoms with Crippen LogP contribution in [0.3, 0.4) is 0 Å². The summed E-state index contributed by atoms with van der Waals surface area (Å²) < 4.78 is 28.0. The minimum Gasteiger partial charge on any atom is -0.390 e. The van der Waals surface area contributed by atoms with Crippen LogP contribution >= 0.6 is 11.9 Å². The maximum Gasteiger partial charge on any atom is 0.240 e. The minimum atomic E-state index is -4.10. The third kappa shape index (κ3) is 4.79. The number of tetrazole rings is 1. The summed E-state index contributed by atoms with van der Waals surface area (Å²) in [5.74, 6) is 0.161. The monoisotopic (exact) mass is 428 g/mol. The van der Waals surface area contributed by atoms with Crippen molar-refractivity contribution >= 4 is 27.7 Å². The summed E-state index contributed by atoms with van der Waals surface area (Å²) in [6.45, 7) is 1.90. The molecular weight excluding hydrogens is 404 g/mol. The largest absolute Gasteiger partial charge is 0.390 e. The number of hydrogen-bond donors (Lipinski definition) is 5. The molecule has 1 aromatic carbocycles. The fourth-order valence-electron chi connectivity index (χ4n) is 3.10. The molecule has 0 spiro atoms. The van der Waals surface area contributed by atoms with Crippen LogP contribution in [0.2, 0.25) is 0 Å². The fraction of sp³-hybridized carbons (Fsp3) is 0.533. The molecule has 2 aromatic rings. The highest BCUT2D eigenvalue weighted by Crippen LogP contribution is 2.40. The first-order valence-corrected chi connectivity index (χ1v) is 11.2. The Kier molecular flexibility index (Phi) is 6.85. The molecule has 0 radical (unpaired) electrons. The van der Waals surface area contributed by atoms with Crippen molar-refractivity contribution in [1.29, 1.82) is 0 Å². The summed E-state index contributed by atoms with van der Waals surface area (Å²) in [5, 5.41) is 29.1. The highest BCUT2D eigenvalue weighted by atomic mass is 32.2. The molecule has 154 valence electrons. The lowest BCUT2D eigenvalue weighted by Gasteiger charge is -2.31. The molecule has 3 rings (SSSR count). The van der Waals surface area contributed by atoms with Gasteiger partial charge in [-0.1, -0.05) is 0 Å². The number of nitrogens with zero attached hydrogens (tertiary/aromatic N) is 4. The van der Waals surface area contributed by atoms with E-state index in [0.717, 1.165) is 44.3 Å². The SMILES string of the molecule is NC[C@@H](O)CNSc1ccc(N2CCCCC2)c(-c2nn[nH]n2)c1S(N)(=O)=O. The van der Waals surface area contributed by atoms with E-state index in [9.17, 15) is 13.5 Å². The molecule has 1 aromatic heterocycles. The van der Waals surface area contributed by atoms with Crippen LogP contribution in [-0.4, -0.2) is 66.4 Å². The maximum atomic E-state index is 12.5. The summed E-state index contributed by atoms with van der Waals surface area (Å²) in [6.07, 6.45) is 2.43. The lowest BCUT2D eigenvalue weighted by Crippen LogP contribution is -2.31. The van der Waals surface area contributed by atoms with E-state index in [1.165, 1.54) is 0 Å². The van der Waals surface area contributed by atoms with Gasteiger partial charge in [-0.25, -0.2) is 13.6 Å². The zero-order valence-corrected chi connectivity index (χ0v) is 16.8. The van der Waals surface area contributed by atoms with Crippen LogP contribution in [0.15, 0.2) is 21.9 Å². The molecule has 1 fully saturated rings. The van der Waals surface area contributed by atoms with Crippen molar-refractivity contribution in [3.8, 4) is 11.4 Å². The van der Waals surface area contributed by atoms with Gasteiger partial charge in [0.15, 0.2) is 0 Å². The number of primary sulfonamides is 1. The first kappa shape index (κ1) is 21.0. The Bertz CT molecular complexity index is 885. The summed E-state index contributed by atoms with van der Waals surface area (Å²) in [5.41, 5.74) is 6.42. The molecule has 1 aliphatic rings. The lowest BCUT2D eigenvalue weighted by molar-refractivity contribution is 0.188. The van der Waals surface area contributed by atoms with Gasteiger partial charge in [-0.15, -0.1) is 10.2 Å². The number of anilines is 1. The molecule has 28 heavy (non-hydrogen) atoms. The highest BCUT2D eigenvalue weighted by Gasteiger charge is 2.29. The Balaban J connectivity index is 2.08. The molecule has 0 aliphatic carbocycles. The summed E-state index contributed by atoms with van der Waals surface area (Å²) in [6, 6.07) is 3.54. The van der Waals surface area contributed by atoms with E-state index in [1.807, 2.05) is 6.07 Å². The van der Waals surface area contributed by atoms with Crippen molar-refractivity contribution < 1.29 is 13.5 Å². The van der Waals surface area contributed by atoms with E-state index in [2.05, 4.69) is 30.2 Å². The predicted octanol–water partition coefficient (Wildman–Crippen LogP) is -0.579. The van der Waals surface area contributed by atoms with Gasteiger partial charge in [0, 0.05) is 36.8 Å². The second-order valence-corrected chi connectivity index (χ2v) is 8.89. The standard InChI is InChI=1S/C15H24N8O3S2/c16-8-10(24)9-18-27-12-5-4-11(23-6-2-1-3-7-23)13(14(12)28(17,25)26)15-19-21-22-20-15/h4-5,10,18,24H,1-3,6-9,16H2,(H2,17,25,26)(H,19,20,21,22)/t10-/m1/s1. The average Bonchev–Trinajstić information content (AvgIpc) is 3.21. The Morgan fingerprint density at radius 2 is 2.07 bits per heavy atom. The number of aliphatic hydroxyl groups excluding tert-OH is 1. The number of nitrogens with one attached hydrogen (secondary N) is 2. The number of nitrogens with two attached hydrogens (primary N) is 2. The van der Waals surface area contributed by atoms with Gasteiger partial charge < -0.3 is 15.7 Å². The van der Waals surface area contributed by atoms with Gasteiger partial charge in [0.05, 0.1) is 11.7 Å². The Morgan fingerprint density at radius 1 is 1.32 bits per heavy atom. The number of aromatic amines is 1. The third-order valence-electron chi connectivity index (χ3n) is 4.42. The van der Waals surface area contributed by atoms with Crippen LogP contribution in [0.25, 0.3) is 11.4 Å². The van der Waals surface area contributed by atoms with Crippen LogP contribution in [-0.2, 0) is 10.0 Å². The van der Waals surface area contributed by atoms with Crippen molar-refractivity contribution in [3.63, 3.8) is 0 Å². The maximum absolute atomic E-state index is 12.5. The number of sulfonamides is 1. The van der Waals surface area contributed by atoms with Crippen LogP contribution < -0.4 is 20.5 Å². The second kappa shape index (κ2) is 9.15. The van der Waals surface area contributed by atoms with E-state index < -0.39 is 16.1 Å². The molecule has 13 heteroatoms. The van der Waals surface area contributed by atoms with Crippen LogP contribution in [0.4, 0.5) is 5.69 Å². The van der Waals surface area contributed by atoms with Gasteiger partial charge in [0.1, 0.15) is 4.90 Å². The van der Waals surface area contributed by atoms with Gasteiger partial charge in [-0.05, 0) is 48.6 Å². The van der Waals surface area contributed by atoms with E-state index in [1.54, 1.807) is 6.07 Å². The zero-order chi connectivity index (χ0) is 20.1. The van der Waals surface area contributed by atoms with E-state index >= 15 is 0 Å². The highest BCUT2D eigenvalue weighted by molar-refractivity contribution is 7.98. The van der Waals surface area contributed by atoms with Gasteiger partial charge >= 0.3 is 0 Å². The van der Waals surface area contributed by atoms with Gasteiger partial charge in [-0.3, -0.25) is 4.72 Å². The summed E-state index contributed by atoms with van der Waals surface area (Å²) in [4.78, 5) is 2.42. The molecular formula is C15H24N8O3S2. The number of piperidine rings is 1.